The Balaban J connectivity index is 2.01. The molecule has 25 heavy (non-hydrogen) atoms. The summed E-state index contributed by atoms with van der Waals surface area (Å²) in [5, 5.41) is 4.40. The summed E-state index contributed by atoms with van der Waals surface area (Å²) in [5.41, 5.74) is 1.18. The molecule has 3 heteroatoms. The third-order valence-corrected chi connectivity index (χ3v) is 4.29. The van der Waals surface area contributed by atoms with Gasteiger partial charge in [0.1, 0.15) is 18.5 Å². The van der Waals surface area contributed by atoms with Gasteiger partial charge in [0, 0.05) is 16.8 Å². The van der Waals surface area contributed by atoms with E-state index in [2.05, 4.69) is 49.9 Å². The normalized spacial score (nSPS) is 12.1. The highest BCUT2D eigenvalue weighted by Gasteiger charge is 2.14. The summed E-state index contributed by atoms with van der Waals surface area (Å²) in [6, 6.07) is 16.7. The minimum atomic E-state index is -0.422. The van der Waals surface area contributed by atoms with Crippen molar-refractivity contribution in [2.75, 3.05) is 6.61 Å². The fourth-order valence-corrected chi connectivity index (χ4v) is 2.91. The van der Waals surface area contributed by atoms with Crippen LogP contribution in [0.4, 0.5) is 0 Å². The molecule has 0 heterocycles. The average molecular weight is 334 g/mol. The van der Waals surface area contributed by atoms with Gasteiger partial charge in [-0.1, -0.05) is 55.5 Å². The van der Waals surface area contributed by atoms with Gasteiger partial charge in [-0.3, -0.25) is 0 Å². The minimum absolute atomic E-state index is 0.302. The molecule has 0 saturated carbocycles. The Morgan fingerprint density at radius 2 is 1.88 bits per heavy atom. The first kappa shape index (κ1) is 17.0. The monoisotopic (exact) mass is 334 g/mol. The lowest BCUT2D eigenvalue weighted by atomic mass is 10.0. The molecule has 0 radical (unpaired) electrons. The van der Waals surface area contributed by atoms with E-state index in [0.717, 1.165) is 27.3 Å². The maximum Gasteiger partial charge on any atom is 0.330 e. The van der Waals surface area contributed by atoms with E-state index < -0.39 is 5.97 Å². The standard InChI is InChI=1S/C22H22O3/c1-4-18(25-21(23)5-2)14-24-22-19-9-7-6-8-16(19)13-17-11-10-15(3)12-20(17)22/h5-13,18H,2,4,14H2,1,3H3. The Kier molecular flexibility index (Phi) is 5.03. The zero-order chi connectivity index (χ0) is 17.8. The molecule has 0 saturated heterocycles. The van der Waals surface area contributed by atoms with Crippen molar-refractivity contribution in [1.82, 2.24) is 0 Å². The summed E-state index contributed by atoms with van der Waals surface area (Å²) in [6.45, 7) is 7.79. The van der Waals surface area contributed by atoms with Crippen LogP contribution in [0.3, 0.4) is 0 Å². The van der Waals surface area contributed by atoms with E-state index in [1.54, 1.807) is 0 Å². The van der Waals surface area contributed by atoms with Crippen LogP contribution in [0.15, 0.2) is 61.2 Å². The molecular formula is C22H22O3. The highest BCUT2D eigenvalue weighted by molar-refractivity contribution is 6.05. The fraction of sp³-hybridized carbons (Fsp3) is 0.227. The summed E-state index contributed by atoms with van der Waals surface area (Å²) in [4.78, 5) is 11.5. The van der Waals surface area contributed by atoms with Crippen LogP contribution >= 0.6 is 0 Å². The van der Waals surface area contributed by atoms with Gasteiger partial charge >= 0.3 is 5.97 Å². The molecule has 0 aliphatic carbocycles. The zero-order valence-electron chi connectivity index (χ0n) is 14.6. The number of fused-ring (bicyclic) bond motifs is 2. The molecule has 128 valence electrons. The maximum absolute atomic E-state index is 11.5. The van der Waals surface area contributed by atoms with Crippen molar-refractivity contribution >= 4 is 27.5 Å². The maximum atomic E-state index is 11.5. The van der Waals surface area contributed by atoms with Crippen molar-refractivity contribution in [3.63, 3.8) is 0 Å². The molecular weight excluding hydrogens is 312 g/mol. The lowest BCUT2D eigenvalue weighted by molar-refractivity contribution is -0.144. The minimum Gasteiger partial charge on any atom is -0.488 e. The number of rotatable bonds is 6. The Morgan fingerprint density at radius 3 is 2.64 bits per heavy atom. The first-order chi connectivity index (χ1) is 12.1. The van der Waals surface area contributed by atoms with Crippen LogP contribution in [0, 0.1) is 6.92 Å². The summed E-state index contributed by atoms with van der Waals surface area (Å²) >= 11 is 0. The molecule has 1 atom stereocenters. The molecule has 1 unspecified atom stereocenters. The van der Waals surface area contributed by atoms with Crippen LogP contribution in [-0.2, 0) is 9.53 Å². The van der Waals surface area contributed by atoms with Crippen LogP contribution in [0.2, 0.25) is 0 Å². The molecule has 0 bridgehead atoms. The van der Waals surface area contributed by atoms with Crippen LogP contribution in [0.25, 0.3) is 21.5 Å². The summed E-state index contributed by atoms with van der Waals surface area (Å²) in [6.07, 6.45) is 1.56. The quantitative estimate of drug-likeness (QED) is 0.354. The molecule has 0 amide bonds. The summed E-state index contributed by atoms with van der Waals surface area (Å²) in [7, 11) is 0. The highest BCUT2D eigenvalue weighted by atomic mass is 16.6. The van der Waals surface area contributed by atoms with E-state index in [4.69, 9.17) is 9.47 Å². The van der Waals surface area contributed by atoms with Crippen molar-refractivity contribution in [3.05, 3.63) is 66.7 Å². The van der Waals surface area contributed by atoms with E-state index in [1.165, 1.54) is 11.6 Å². The van der Waals surface area contributed by atoms with E-state index in [1.807, 2.05) is 19.1 Å². The number of hydrogen-bond donors (Lipinski definition) is 0. The lowest BCUT2D eigenvalue weighted by Gasteiger charge is -2.18. The number of carbonyl (C=O) groups is 1. The summed E-state index contributed by atoms with van der Waals surface area (Å²) < 4.78 is 11.5. The number of hydrogen-bond acceptors (Lipinski definition) is 3. The van der Waals surface area contributed by atoms with Gasteiger partial charge in [-0.05, 0) is 36.2 Å². The van der Waals surface area contributed by atoms with E-state index in [9.17, 15) is 4.79 Å². The first-order valence-electron chi connectivity index (χ1n) is 8.50. The third-order valence-electron chi connectivity index (χ3n) is 4.29. The summed E-state index contributed by atoms with van der Waals surface area (Å²) in [5.74, 6) is 0.416. The van der Waals surface area contributed by atoms with Gasteiger partial charge in [0.25, 0.3) is 0 Å². The number of ether oxygens (including phenoxy) is 2. The fourth-order valence-electron chi connectivity index (χ4n) is 2.91. The number of benzene rings is 3. The zero-order valence-corrected chi connectivity index (χ0v) is 14.6. The Labute approximate surface area is 147 Å². The van der Waals surface area contributed by atoms with Crippen LogP contribution in [0.5, 0.6) is 5.75 Å². The van der Waals surface area contributed by atoms with Gasteiger partial charge < -0.3 is 9.47 Å². The topological polar surface area (TPSA) is 35.5 Å². The molecule has 3 aromatic rings. The smallest absolute Gasteiger partial charge is 0.330 e. The van der Waals surface area contributed by atoms with Gasteiger partial charge in [-0.2, -0.15) is 0 Å². The second kappa shape index (κ2) is 7.39. The third kappa shape index (κ3) is 3.66. The Morgan fingerprint density at radius 1 is 1.12 bits per heavy atom. The van der Waals surface area contributed by atoms with Crippen molar-refractivity contribution < 1.29 is 14.3 Å². The molecule has 0 fully saturated rings. The van der Waals surface area contributed by atoms with Gasteiger partial charge in [0.05, 0.1) is 0 Å². The van der Waals surface area contributed by atoms with Crippen molar-refractivity contribution in [2.45, 2.75) is 26.4 Å². The van der Waals surface area contributed by atoms with Crippen molar-refractivity contribution in [3.8, 4) is 5.75 Å². The molecule has 3 nitrogen and oxygen atoms in total. The van der Waals surface area contributed by atoms with Gasteiger partial charge in [0.15, 0.2) is 0 Å². The van der Waals surface area contributed by atoms with Crippen molar-refractivity contribution in [2.24, 2.45) is 0 Å². The number of esters is 1. The molecule has 3 aromatic carbocycles. The second-order valence-electron chi connectivity index (χ2n) is 6.13. The molecule has 0 aromatic heterocycles. The molecule has 0 aliphatic heterocycles. The molecule has 0 N–H and O–H groups in total. The predicted molar refractivity (Wildman–Crippen MR) is 102 cm³/mol. The van der Waals surface area contributed by atoms with E-state index in [-0.39, 0.29) is 6.10 Å². The van der Waals surface area contributed by atoms with E-state index >= 15 is 0 Å². The first-order valence-corrected chi connectivity index (χ1v) is 8.50. The number of aryl methyl sites for hydroxylation is 1. The lowest BCUT2D eigenvalue weighted by Crippen LogP contribution is -2.23. The van der Waals surface area contributed by atoms with Crippen LogP contribution in [-0.4, -0.2) is 18.7 Å². The molecule has 3 rings (SSSR count). The van der Waals surface area contributed by atoms with Gasteiger partial charge in [0.2, 0.25) is 0 Å². The number of carbonyl (C=O) groups excluding carboxylic acids is 1. The largest absolute Gasteiger partial charge is 0.488 e. The second-order valence-corrected chi connectivity index (χ2v) is 6.13. The van der Waals surface area contributed by atoms with Crippen LogP contribution in [0.1, 0.15) is 18.9 Å². The molecule has 0 aliphatic rings. The Hall–Kier alpha value is -2.81. The SMILES string of the molecule is C=CC(=O)OC(CC)COc1c2ccccc2cc2ccc(C)cc12. The van der Waals surface area contributed by atoms with Gasteiger partial charge in [-0.15, -0.1) is 0 Å². The highest BCUT2D eigenvalue weighted by Crippen LogP contribution is 2.35. The van der Waals surface area contributed by atoms with Crippen LogP contribution < -0.4 is 4.74 Å². The average Bonchev–Trinajstić information content (AvgIpc) is 2.64. The van der Waals surface area contributed by atoms with Crippen molar-refractivity contribution in [1.29, 1.82) is 0 Å². The van der Waals surface area contributed by atoms with E-state index in [0.29, 0.717) is 13.0 Å². The van der Waals surface area contributed by atoms with Gasteiger partial charge in [-0.25, -0.2) is 4.79 Å². The predicted octanol–water partition coefficient (Wildman–Crippen LogP) is 5.19. The molecule has 0 spiro atoms. The Bertz CT molecular complexity index is 927.